The van der Waals surface area contributed by atoms with Gasteiger partial charge in [0.05, 0.1) is 25.0 Å². The van der Waals surface area contributed by atoms with Crippen molar-refractivity contribution in [3.8, 4) is 62.7 Å². The first-order chi connectivity index (χ1) is 33.6. The van der Waals surface area contributed by atoms with Crippen LogP contribution in [0.5, 0.6) is 28.9 Å². The predicted octanol–water partition coefficient (Wildman–Crippen LogP) is 9.19. The van der Waals surface area contributed by atoms with Gasteiger partial charge in [0.25, 0.3) is 0 Å². The van der Waals surface area contributed by atoms with E-state index in [-0.39, 0.29) is 36.3 Å². The van der Waals surface area contributed by atoms with Gasteiger partial charge in [-0.3, -0.25) is 4.90 Å². The SMILES string of the molecule is COc1ccccc1-c1nccc(COc2ccc(O[Si](C)(C)C(C)(C)C)cc2CC(Oc2ncnc3oc(-c4ccc(F)cc4)c(-c4ccc(OC(CO)CN5CCN(C)CC5)cc4)c23)C(=O)O)n1. The minimum Gasteiger partial charge on any atom is -0.543 e. The summed E-state index contributed by atoms with van der Waals surface area (Å²) in [5.41, 5.74) is 3.62. The number of nitrogens with zero attached hydrogens (tertiary/aromatic N) is 6. The lowest BCUT2D eigenvalue weighted by Gasteiger charge is -2.36. The number of fused-ring (bicyclic) bond motifs is 1. The minimum atomic E-state index is -2.34. The number of carboxylic acids is 1. The van der Waals surface area contributed by atoms with Crippen molar-refractivity contribution in [1.82, 2.24) is 29.7 Å². The largest absolute Gasteiger partial charge is 0.543 e. The van der Waals surface area contributed by atoms with E-state index in [4.69, 9.17) is 32.8 Å². The Morgan fingerprint density at radius 2 is 1.59 bits per heavy atom. The van der Waals surface area contributed by atoms with Crippen LogP contribution in [0.4, 0.5) is 4.39 Å². The standard InChI is InChI=1S/C53H59FN6O9Si/c1-53(2,3)70(6,7)69-40-20-21-43(65-32-38-22-23-55-49(58-38)42-10-8-9-11-44(42)64-5)36(28-40)29-45(52(62)63)67-50-47-46(48(68-51(47)57-33-56-50)35-12-16-37(54)17-13-35)34-14-18-39(19-15-34)66-41(31-61)30-60-26-24-59(4)25-27-60/h8-23,28,33,41,45,61H,24-27,29-32H2,1-7H3,(H,62,63). The smallest absolute Gasteiger partial charge is 0.345 e. The van der Waals surface area contributed by atoms with E-state index in [1.165, 1.54) is 18.5 Å². The maximum Gasteiger partial charge on any atom is 0.345 e. The number of furan rings is 1. The van der Waals surface area contributed by atoms with Crippen LogP contribution in [0.3, 0.4) is 0 Å². The van der Waals surface area contributed by atoms with Crippen LogP contribution in [0.1, 0.15) is 32.0 Å². The number of carboxylic acid groups (broad SMARTS) is 1. The number of aliphatic carboxylic acids is 1. The Hall–Kier alpha value is -6.92. The number of halogens is 1. The highest BCUT2D eigenvalue weighted by molar-refractivity contribution is 6.74. The van der Waals surface area contributed by atoms with E-state index in [9.17, 15) is 19.4 Å². The summed E-state index contributed by atoms with van der Waals surface area (Å²) in [4.78, 5) is 36.1. The molecule has 0 bridgehead atoms. The molecule has 2 unspecified atom stereocenters. The first-order valence-electron chi connectivity index (χ1n) is 23.2. The normalized spacial score (nSPS) is 14.5. The number of rotatable bonds is 19. The van der Waals surface area contributed by atoms with E-state index in [0.29, 0.717) is 74.5 Å². The van der Waals surface area contributed by atoms with Gasteiger partial charge in [-0.05, 0) is 104 Å². The zero-order valence-electron chi connectivity index (χ0n) is 40.5. The third-order valence-corrected chi connectivity index (χ3v) is 17.2. The molecule has 1 saturated heterocycles. The van der Waals surface area contributed by atoms with Gasteiger partial charge in [0.1, 0.15) is 59.0 Å². The lowest BCUT2D eigenvalue weighted by molar-refractivity contribution is -0.145. The number of aliphatic hydroxyl groups excluding tert-OH is 1. The van der Waals surface area contributed by atoms with Crippen molar-refractivity contribution in [3.05, 3.63) is 127 Å². The number of likely N-dealkylation sites (N-methyl/N-ethyl adjacent to an activating group) is 1. The average molecular weight is 971 g/mol. The van der Waals surface area contributed by atoms with Crippen LogP contribution in [0, 0.1) is 5.82 Å². The van der Waals surface area contributed by atoms with Crippen molar-refractivity contribution in [2.24, 2.45) is 0 Å². The van der Waals surface area contributed by atoms with E-state index in [1.54, 1.807) is 55.8 Å². The van der Waals surface area contributed by atoms with Crippen LogP contribution in [0.25, 0.3) is 44.9 Å². The van der Waals surface area contributed by atoms with E-state index < -0.39 is 32.3 Å². The maximum absolute atomic E-state index is 14.3. The van der Waals surface area contributed by atoms with Gasteiger partial charge in [0.15, 0.2) is 5.82 Å². The average Bonchev–Trinajstić information content (AvgIpc) is 3.74. The first kappa shape index (κ1) is 49.5. The van der Waals surface area contributed by atoms with Crippen molar-refractivity contribution < 1.29 is 47.2 Å². The van der Waals surface area contributed by atoms with Gasteiger partial charge in [0.2, 0.25) is 26.0 Å². The Kier molecular flexibility index (Phi) is 15.1. The minimum absolute atomic E-state index is 0.0382. The van der Waals surface area contributed by atoms with Gasteiger partial charge >= 0.3 is 5.97 Å². The molecule has 0 spiro atoms. The number of hydrogen-bond acceptors (Lipinski definition) is 14. The Bertz CT molecular complexity index is 2900. The molecule has 1 aliphatic heterocycles. The Balaban J connectivity index is 1.12. The van der Waals surface area contributed by atoms with Crippen molar-refractivity contribution in [2.75, 3.05) is 53.5 Å². The summed E-state index contributed by atoms with van der Waals surface area (Å²) in [6.45, 7) is 14.8. The molecule has 0 radical (unpaired) electrons. The highest BCUT2D eigenvalue weighted by Gasteiger charge is 2.39. The molecule has 1 aliphatic rings. The summed E-state index contributed by atoms with van der Waals surface area (Å²) >= 11 is 0. The third-order valence-electron chi connectivity index (χ3n) is 12.8. The number of aliphatic hydroxyl groups is 1. The fourth-order valence-corrected chi connectivity index (χ4v) is 8.91. The molecule has 7 aromatic rings. The predicted molar refractivity (Wildman–Crippen MR) is 266 cm³/mol. The second kappa shape index (κ2) is 21.4. The Labute approximate surface area is 408 Å². The molecule has 2 atom stereocenters. The molecular formula is C53H59FN6O9Si. The molecular weight excluding hydrogens is 912 g/mol. The molecule has 0 amide bonds. The molecule has 8 rings (SSSR count). The Morgan fingerprint density at radius 1 is 0.871 bits per heavy atom. The van der Waals surface area contributed by atoms with Gasteiger partial charge in [0, 0.05) is 62.0 Å². The zero-order valence-corrected chi connectivity index (χ0v) is 41.5. The third kappa shape index (κ3) is 11.6. The summed E-state index contributed by atoms with van der Waals surface area (Å²) in [6.07, 6.45) is 0.787. The molecule has 0 saturated carbocycles. The fourth-order valence-electron chi connectivity index (χ4n) is 7.89. The van der Waals surface area contributed by atoms with Crippen LogP contribution in [0.2, 0.25) is 18.1 Å². The molecule has 15 nitrogen and oxygen atoms in total. The van der Waals surface area contributed by atoms with Gasteiger partial charge in [-0.15, -0.1) is 0 Å². The quantitative estimate of drug-likeness (QED) is 0.0734. The van der Waals surface area contributed by atoms with Crippen molar-refractivity contribution in [3.63, 3.8) is 0 Å². The van der Waals surface area contributed by atoms with Gasteiger partial charge in [-0.1, -0.05) is 45.0 Å². The van der Waals surface area contributed by atoms with Crippen molar-refractivity contribution in [2.45, 2.75) is 64.1 Å². The molecule has 70 heavy (non-hydrogen) atoms. The highest BCUT2D eigenvalue weighted by Crippen LogP contribution is 2.44. The molecule has 4 heterocycles. The monoisotopic (exact) mass is 970 g/mol. The lowest BCUT2D eigenvalue weighted by atomic mass is 9.99. The van der Waals surface area contributed by atoms with Gasteiger partial charge < -0.3 is 42.9 Å². The number of aromatic nitrogens is 4. The highest BCUT2D eigenvalue weighted by atomic mass is 28.4. The van der Waals surface area contributed by atoms with Crippen molar-refractivity contribution in [1.29, 1.82) is 0 Å². The Morgan fingerprint density at radius 3 is 2.29 bits per heavy atom. The van der Waals surface area contributed by atoms with E-state index in [0.717, 1.165) is 31.7 Å². The molecule has 0 aliphatic carbocycles. The molecule has 2 N–H and O–H groups in total. The number of benzene rings is 4. The first-order valence-corrected chi connectivity index (χ1v) is 26.1. The van der Waals surface area contributed by atoms with Crippen LogP contribution >= 0.6 is 0 Å². The molecule has 4 aromatic carbocycles. The zero-order chi connectivity index (χ0) is 49.6. The second-order valence-corrected chi connectivity index (χ2v) is 23.6. The van der Waals surface area contributed by atoms with Gasteiger partial charge in [-0.25, -0.2) is 29.1 Å². The molecule has 17 heteroatoms. The topological polar surface area (TPSA) is 175 Å². The van der Waals surface area contributed by atoms with Crippen LogP contribution in [-0.2, 0) is 17.8 Å². The summed E-state index contributed by atoms with van der Waals surface area (Å²) < 4.78 is 52.1. The van der Waals surface area contributed by atoms with Crippen LogP contribution in [0.15, 0.2) is 114 Å². The second-order valence-electron chi connectivity index (χ2n) is 18.9. The number of piperazine rings is 1. The number of para-hydroxylation sites is 1. The van der Waals surface area contributed by atoms with E-state index >= 15 is 0 Å². The van der Waals surface area contributed by atoms with Crippen molar-refractivity contribution >= 4 is 25.4 Å². The van der Waals surface area contributed by atoms with Crippen LogP contribution < -0.4 is 23.4 Å². The van der Waals surface area contributed by atoms with E-state index in [2.05, 4.69) is 65.7 Å². The molecule has 3 aromatic heterocycles. The summed E-state index contributed by atoms with van der Waals surface area (Å²) in [6, 6.07) is 27.7. The maximum atomic E-state index is 14.3. The molecule has 1 fully saturated rings. The summed E-state index contributed by atoms with van der Waals surface area (Å²) in [5.74, 6) is 1.22. The fraction of sp³-hybridized carbons (Fsp3) is 0.340. The summed E-state index contributed by atoms with van der Waals surface area (Å²) in [7, 11) is 1.35. The molecule has 366 valence electrons. The number of hydrogen-bond donors (Lipinski definition) is 2. The lowest BCUT2D eigenvalue weighted by Crippen LogP contribution is -2.48. The van der Waals surface area contributed by atoms with Gasteiger partial charge in [-0.2, -0.15) is 0 Å². The number of carbonyl (C=O) groups is 1. The number of methoxy groups -OCH3 is 1. The van der Waals surface area contributed by atoms with Crippen LogP contribution in [-0.4, -0.2) is 120 Å². The summed E-state index contributed by atoms with van der Waals surface area (Å²) in [5, 5.41) is 21.3. The number of ether oxygens (including phenoxy) is 4. The van der Waals surface area contributed by atoms with E-state index in [1.807, 2.05) is 42.5 Å².